The van der Waals surface area contributed by atoms with Crippen molar-refractivity contribution in [1.82, 2.24) is 5.32 Å². The first-order chi connectivity index (χ1) is 5.53. The van der Waals surface area contributed by atoms with Crippen molar-refractivity contribution in [3.63, 3.8) is 0 Å². The zero-order valence-corrected chi connectivity index (χ0v) is 8.13. The molecular weight excluding hydrogens is 154 g/mol. The van der Waals surface area contributed by atoms with Crippen LogP contribution in [0.1, 0.15) is 26.7 Å². The van der Waals surface area contributed by atoms with Crippen LogP contribution in [0.25, 0.3) is 0 Å². The van der Waals surface area contributed by atoms with Gasteiger partial charge in [-0.3, -0.25) is 0 Å². The molecule has 3 heteroatoms. The van der Waals surface area contributed by atoms with Crippen LogP contribution in [-0.4, -0.2) is 36.5 Å². The quantitative estimate of drug-likeness (QED) is 0.640. The van der Waals surface area contributed by atoms with Gasteiger partial charge < -0.3 is 15.2 Å². The number of aliphatic hydroxyl groups is 1. The zero-order chi connectivity index (χ0) is 9.19. The van der Waals surface area contributed by atoms with Crippen LogP contribution in [0.15, 0.2) is 0 Å². The molecule has 1 aliphatic heterocycles. The summed E-state index contributed by atoms with van der Waals surface area (Å²) in [5.41, 5.74) is -0.520. The van der Waals surface area contributed by atoms with Crippen molar-refractivity contribution >= 4 is 0 Å². The average Bonchev–Trinajstić information content (AvgIpc) is 1.82. The Morgan fingerprint density at radius 1 is 1.58 bits per heavy atom. The van der Waals surface area contributed by atoms with Crippen molar-refractivity contribution in [2.45, 2.75) is 44.4 Å². The van der Waals surface area contributed by atoms with Crippen LogP contribution < -0.4 is 5.32 Å². The second kappa shape index (κ2) is 3.73. The van der Waals surface area contributed by atoms with E-state index >= 15 is 0 Å². The summed E-state index contributed by atoms with van der Waals surface area (Å²) in [6.45, 7) is 4.67. The molecule has 3 atom stereocenters. The maximum Gasteiger partial charge on any atom is 0.0650 e. The molecule has 2 N–H and O–H groups in total. The van der Waals surface area contributed by atoms with Crippen LogP contribution >= 0.6 is 0 Å². The largest absolute Gasteiger partial charge is 0.390 e. The number of piperidine rings is 1. The van der Waals surface area contributed by atoms with Gasteiger partial charge >= 0.3 is 0 Å². The minimum absolute atomic E-state index is 0.300. The number of nitrogens with one attached hydrogen (secondary N) is 1. The summed E-state index contributed by atoms with van der Waals surface area (Å²) in [6.07, 6.45) is 1.61. The van der Waals surface area contributed by atoms with E-state index < -0.39 is 5.60 Å². The van der Waals surface area contributed by atoms with Crippen LogP contribution in [0, 0.1) is 0 Å². The van der Waals surface area contributed by atoms with E-state index in [1.807, 2.05) is 6.92 Å². The van der Waals surface area contributed by atoms with E-state index in [0.29, 0.717) is 18.7 Å². The van der Waals surface area contributed by atoms with Crippen LogP contribution in [0.3, 0.4) is 0 Å². The van der Waals surface area contributed by atoms with E-state index in [1.165, 1.54) is 0 Å². The Labute approximate surface area is 74.1 Å². The van der Waals surface area contributed by atoms with Gasteiger partial charge in [-0.2, -0.15) is 0 Å². The Balaban J connectivity index is 2.46. The summed E-state index contributed by atoms with van der Waals surface area (Å²) < 4.78 is 5.05. The zero-order valence-electron chi connectivity index (χ0n) is 8.13. The second-order valence-corrected chi connectivity index (χ2v) is 4.13. The average molecular weight is 173 g/mol. The highest BCUT2D eigenvalue weighted by atomic mass is 16.5. The van der Waals surface area contributed by atoms with Crippen molar-refractivity contribution in [1.29, 1.82) is 0 Å². The van der Waals surface area contributed by atoms with E-state index in [1.54, 1.807) is 7.11 Å². The fourth-order valence-electron chi connectivity index (χ4n) is 2.10. The molecule has 0 spiro atoms. The fraction of sp³-hybridized carbons (Fsp3) is 1.00. The Hall–Kier alpha value is -0.120. The molecule has 12 heavy (non-hydrogen) atoms. The maximum atomic E-state index is 9.85. The van der Waals surface area contributed by atoms with Crippen molar-refractivity contribution in [3.8, 4) is 0 Å². The summed E-state index contributed by atoms with van der Waals surface area (Å²) in [7, 11) is 1.69. The molecule has 1 heterocycles. The van der Waals surface area contributed by atoms with Crippen molar-refractivity contribution in [2.75, 3.05) is 13.7 Å². The van der Waals surface area contributed by atoms with E-state index in [2.05, 4.69) is 12.2 Å². The first-order valence-corrected chi connectivity index (χ1v) is 4.51. The highest BCUT2D eigenvalue weighted by Gasteiger charge is 2.32. The van der Waals surface area contributed by atoms with Crippen molar-refractivity contribution in [3.05, 3.63) is 0 Å². The Morgan fingerprint density at radius 3 is 2.75 bits per heavy atom. The first-order valence-electron chi connectivity index (χ1n) is 4.51. The smallest absolute Gasteiger partial charge is 0.0650 e. The number of hydrogen-bond donors (Lipinski definition) is 2. The SMILES string of the molecule is COCC1CC(C)(O)CC(C)N1. The van der Waals surface area contributed by atoms with Gasteiger partial charge in [0.25, 0.3) is 0 Å². The lowest BCUT2D eigenvalue weighted by atomic mass is 9.86. The van der Waals surface area contributed by atoms with Gasteiger partial charge in [-0.05, 0) is 26.7 Å². The number of methoxy groups -OCH3 is 1. The molecule has 0 radical (unpaired) electrons. The summed E-state index contributed by atoms with van der Waals surface area (Å²) >= 11 is 0. The Morgan fingerprint density at radius 2 is 2.25 bits per heavy atom. The van der Waals surface area contributed by atoms with Gasteiger partial charge in [0.1, 0.15) is 0 Å². The summed E-state index contributed by atoms with van der Waals surface area (Å²) in [6, 6.07) is 0.683. The first kappa shape index (κ1) is 9.96. The molecule has 0 amide bonds. The normalized spacial score (nSPS) is 43.0. The van der Waals surface area contributed by atoms with Crippen LogP contribution in [-0.2, 0) is 4.74 Å². The molecule has 0 aromatic rings. The summed E-state index contributed by atoms with van der Waals surface area (Å²) in [5, 5.41) is 13.2. The minimum atomic E-state index is -0.520. The molecule has 1 saturated heterocycles. The standard InChI is InChI=1S/C9H19NO2/c1-7-4-9(2,11)5-8(10-7)6-12-3/h7-8,10-11H,4-6H2,1-3H3. The third-order valence-electron chi connectivity index (χ3n) is 2.32. The van der Waals surface area contributed by atoms with Crippen LogP contribution in [0.4, 0.5) is 0 Å². The maximum absolute atomic E-state index is 9.85. The third kappa shape index (κ3) is 2.73. The molecule has 0 aromatic carbocycles. The molecule has 1 fully saturated rings. The molecule has 3 unspecified atom stereocenters. The van der Waals surface area contributed by atoms with Gasteiger partial charge in [0.15, 0.2) is 0 Å². The second-order valence-electron chi connectivity index (χ2n) is 4.13. The minimum Gasteiger partial charge on any atom is -0.390 e. The Bertz CT molecular complexity index is 147. The van der Waals surface area contributed by atoms with Gasteiger partial charge in [0, 0.05) is 19.2 Å². The lowest BCUT2D eigenvalue weighted by molar-refractivity contribution is -0.0137. The monoisotopic (exact) mass is 173 g/mol. The molecule has 3 nitrogen and oxygen atoms in total. The lowest BCUT2D eigenvalue weighted by Crippen LogP contribution is -2.52. The molecule has 1 rings (SSSR count). The van der Waals surface area contributed by atoms with Crippen molar-refractivity contribution < 1.29 is 9.84 Å². The number of rotatable bonds is 2. The van der Waals surface area contributed by atoms with Gasteiger partial charge in [0.2, 0.25) is 0 Å². The van der Waals surface area contributed by atoms with Gasteiger partial charge in [-0.15, -0.1) is 0 Å². The highest BCUT2D eigenvalue weighted by Crippen LogP contribution is 2.23. The lowest BCUT2D eigenvalue weighted by Gasteiger charge is -2.38. The third-order valence-corrected chi connectivity index (χ3v) is 2.32. The predicted octanol–water partition coefficient (Wildman–Crippen LogP) is 0.524. The number of hydrogen-bond acceptors (Lipinski definition) is 3. The predicted molar refractivity (Wildman–Crippen MR) is 48.1 cm³/mol. The van der Waals surface area contributed by atoms with E-state index in [0.717, 1.165) is 12.8 Å². The topological polar surface area (TPSA) is 41.5 Å². The molecule has 0 saturated carbocycles. The highest BCUT2D eigenvalue weighted by molar-refractivity contribution is 4.90. The van der Waals surface area contributed by atoms with E-state index in [9.17, 15) is 5.11 Å². The van der Waals surface area contributed by atoms with Crippen LogP contribution in [0.5, 0.6) is 0 Å². The van der Waals surface area contributed by atoms with Gasteiger partial charge in [0.05, 0.1) is 12.2 Å². The van der Waals surface area contributed by atoms with E-state index in [-0.39, 0.29) is 0 Å². The summed E-state index contributed by atoms with van der Waals surface area (Å²) in [5.74, 6) is 0. The summed E-state index contributed by atoms with van der Waals surface area (Å²) in [4.78, 5) is 0. The molecule has 72 valence electrons. The molecule has 0 bridgehead atoms. The van der Waals surface area contributed by atoms with Gasteiger partial charge in [-0.1, -0.05) is 0 Å². The molecular formula is C9H19NO2. The molecule has 0 aliphatic carbocycles. The van der Waals surface area contributed by atoms with E-state index in [4.69, 9.17) is 4.74 Å². The number of ether oxygens (including phenoxy) is 1. The van der Waals surface area contributed by atoms with Crippen molar-refractivity contribution in [2.24, 2.45) is 0 Å². The van der Waals surface area contributed by atoms with Crippen LogP contribution in [0.2, 0.25) is 0 Å². The molecule has 1 aliphatic rings. The Kier molecular flexibility index (Phi) is 3.09. The molecule has 0 aromatic heterocycles. The van der Waals surface area contributed by atoms with Gasteiger partial charge in [-0.25, -0.2) is 0 Å². The fourth-order valence-corrected chi connectivity index (χ4v) is 2.10.